The van der Waals surface area contributed by atoms with Crippen molar-refractivity contribution in [1.29, 1.82) is 0 Å². The maximum absolute atomic E-state index is 3.56. The zero-order valence-electron chi connectivity index (χ0n) is 11.8. The number of hydrogen-bond acceptors (Lipinski definition) is 2. The molecule has 1 N–H and O–H groups in total. The van der Waals surface area contributed by atoms with E-state index in [0.717, 1.165) is 24.3 Å². The molecule has 2 saturated carbocycles. The van der Waals surface area contributed by atoms with Crippen molar-refractivity contribution in [2.24, 2.45) is 17.8 Å². The molecule has 1 aliphatic heterocycles. The molecule has 0 amide bonds. The molecule has 19 heavy (non-hydrogen) atoms. The maximum atomic E-state index is 3.56. The van der Waals surface area contributed by atoms with E-state index in [9.17, 15) is 0 Å². The molecule has 2 aliphatic carbocycles. The van der Waals surface area contributed by atoms with E-state index < -0.39 is 0 Å². The Labute approximate surface area is 116 Å². The normalized spacial score (nSPS) is 36.2. The second kappa shape index (κ2) is 4.43. The predicted molar refractivity (Wildman–Crippen MR) is 80.7 cm³/mol. The van der Waals surface area contributed by atoms with Crippen molar-refractivity contribution in [3.63, 3.8) is 0 Å². The standard InChI is InChI=1S/C17H24N2/c1-12-10-18-16-4-2-3-5-17(16)19(12)11-15-9-13-6-7-14(15)8-13/h2-5,12-15,18H,6-11H2,1H3. The summed E-state index contributed by atoms with van der Waals surface area (Å²) in [7, 11) is 0. The molecule has 2 heteroatoms. The molecular weight excluding hydrogens is 232 g/mol. The predicted octanol–water partition coefficient (Wildman–Crippen LogP) is 3.74. The fourth-order valence-electron chi connectivity index (χ4n) is 4.61. The largest absolute Gasteiger partial charge is 0.381 e. The van der Waals surface area contributed by atoms with Crippen molar-refractivity contribution in [1.82, 2.24) is 0 Å². The van der Waals surface area contributed by atoms with E-state index in [2.05, 4.69) is 41.4 Å². The Morgan fingerprint density at radius 1 is 1.21 bits per heavy atom. The van der Waals surface area contributed by atoms with Crippen LogP contribution in [0.3, 0.4) is 0 Å². The first-order chi connectivity index (χ1) is 9.31. The molecule has 4 rings (SSSR count). The Bertz CT molecular complexity index is 470. The number of fused-ring (bicyclic) bond motifs is 3. The van der Waals surface area contributed by atoms with Gasteiger partial charge in [0.2, 0.25) is 0 Å². The van der Waals surface area contributed by atoms with Gasteiger partial charge in [-0.3, -0.25) is 0 Å². The summed E-state index contributed by atoms with van der Waals surface area (Å²) < 4.78 is 0. The molecule has 2 fully saturated rings. The second-order valence-corrected chi connectivity index (χ2v) is 6.83. The highest BCUT2D eigenvalue weighted by Gasteiger charge is 2.40. The van der Waals surface area contributed by atoms with Gasteiger partial charge < -0.3 is 10.2 Å². The lowest BCUT2D eigenvalue weighted by Crippen LogP contribution is -2.45. The monoisotopic (exact) mass is 256 g/mol. The van der Waals surface area contributed by atoms with Crippen LogP contribution in [0.5, 0.6) is 0 Å². The minimum absolute atomic E-state index is 0.619. The zero-order valence-corrected chi connectivity index (χ0v) is 11.8. The molecular formula is C17H24N2. The van der Waals surface area contributed by atoms with Crippen LogP contribution >= 0.6 is 0 Å². The lowest BCUT2D eigenvalue weighted by atomic mass is 9.88. The smallest absolute Gasteiger partial charge is 0.0605 e. The Morgan fingerprint density at radius 3 is 2.89 bits per heavy atom. The van der Waals surface area contributed by atoms with Gasteiger partial charge in [-0.25, -0.2) is 0 Å². The molecule has 102 valence electrons. The third-order valence-corrected chi connectivity index (χ3v) is 5.65. The van der Waals surface area contributed by atoms with Crippen LogP contribution < -0.4 is 10.2 Å². The third kappa shape index (κ3) is 1.92. The first-order valence-electron chi connectivity index (χ1n) is 7.91. The summed E-state index contributed by atoms with van der Waals surface area (Å²) in [5.41, 5.74) is 2.74. The first kappa shape index (κ1) is 11.6. The van der Waals surface area contributed by atoms with Gasteiger partial charge in [-0.05, 0) is 56.1 Å². The van der Waals surface area contributed by atoms with Crippen LogP contribution in [0.25, 0.3) is 0 Å². The van der Waals surface area contributed by atoms with Crippen molar-refractivity contribution >= 4 is 11.4 Å². The first-order valence-corrected chi connectivity index (χ1v) is 7.91. The van der Waals surface area contributed by atoms with E-state index in [1.807, 2.05) is 0 Å². The van der Waals surface area contributed by atoms with Gasteiger partial charge in [0.05, 0.1) is 11.4 Å². The van der Waals surface area contributed by atoms with E-state index in [4.69, 9.17) is 0 Å². The van der Waals surface area contributed by atoms with Gasteiger partial charge in [-0.1, -0.05) is 18.6 Å². The number of benzene rings is 1. The highest BCUT2D eigenvalue weighted by molar-refractivity contribution is 5.72. The van der Waals surface area contributed by atoms with E-state index in [-0.39, 0.29) is 0 Å². The molecule has 0 spiro atoms. The molecule has 0 saturated heterocycles. The highest BCUT2D eigenvalue weighted by atomic mass is 15.2. The van der Waals surface area contributed by atoms with Crippen LogP contribution in [-0.4, -0.2) is 19.1 Å². The van der Waals surface area contributed by atoms with Crippen molar-refractivity contribution in [3.05, 3.63) is 24.3 Å². The number of hydrogen-bond donors (Lipinski definition) is 1. The van der Waals surface area contributed by atoms with E-state index in [1.165, 1.54) is 43.6 Å². The molecule has 1 aromatic carbocycles. The van der Waals surface area contributed by atoms with Crippen LogP contribution in [0.15, 0.2) is 24.3 Å². The van der Waals surface area contributed by atoms with Crippen molar-refractivity contribution in [3.8, 4) is 0 Å². The Kier molecular flexibility index (Phi) is 2.71. The summed E-state index contributed by atoms with van der Waals surface area (Å²) in [5.74, 6) is 3.04. The average Bonchev–Trinajstić information content (AvgIpc) is 3.04. The quantitative estimate of drug-likeness (QED) is 0.867. The highest BCUT2D eigenvalue weighted by Crippen LogP contribution is 2.49. The van der Waals surface area contributed by atoms with Gasteiger partial charge in [-0.15, -0.1) is 0 Å². The number of anilines is 2. The molecule has 2 nitrogen and oxygen atoms in total. The van der Waals surface area contributed by atoms with Gasteiger partial charge in [0, 0.05) is 19.1 Å². The van der Waals surface area contributed by atoms with Gasteiger partial charge in [0.1, 0.15) is 0 Å². The van der Waals surface area contributed by atoms with Gasteiger partial charge >= 0.3 is 0 Å². The Morgan fingerprint density at radius 2 is 2.11 bits per heavy atom. The SMILES string of the molecule is CC1CNc2ccccc2N1CC1CC2CCC1C2. The number of rotatable bonds is 2. The van der Waals surface area contributed by atoms with Crippen LogP contribution in [0.2, 0.25) is 0 Å². The minimum Gasteiger partial charge on any atom is -0.381 e. The molecule has 1 aromatic rings. The van der Waals surface area contributed by atoms with Crippen molar-refractivity contribution in [2.75, 3.05) is 23.3 Å². The summed E-state index contributed by atoms with van der Waals surface area (Å²) in [6.45, 7) is 4.72. The van der Waals surface area contributed by atoms with Gasteiger partial charge in [0.25, 0.3) is 0 Å². The third-order valence-electron chi connectivity index (χ3n) is 5.65. The number of para-hydroxylation sites is 2. The van der Waals surface area contributed by atoms with Gasteiger partial charge in [-0.2, -0.15) is 0 Å². The summed E-state index contributed by atoms with van der Waals surface area (Å²) >= 11 is 0. The number of nitrogens with one attached hydrogen (secondary N) is 1. The molecule has 4 unspecified atom stereocenters. The Balaban J connectivity index is 1.57. The molecule has 0 aromatic heterocycles. The fraction of sp³-hybridized carbons (Fsp3) is 0.647. The zero-order chi connectivity index (χ0) is 12.8. The lowest BCUT2D eigenvalue weighted by molar-refractivity contribution is 0.327. The van der Waals surface area contributed by atoms with Crippen LogP contribution in [0.4, 0.5) is 11.4 Å². The summed E-state index contributed by atoms with van der Waals surface area (Å²) in [6.07, 6.45) is 6.02. The fourth-order valence-corrected chi connectivity index (χ4v) is 4.61. The van der Waals surface area contributed by atoms with Crippen LogP contribution in [0.1, 0.15) is 32.6 Å². The second-order valence-electron chi connectivity index (χ2n) is 6.83. The maximum Gasteiger partial charge on any atom is 0.0605 e. The lowest BCUT2D eigenvalue weighted by Gasteiger charge is -2.40. The molecule has 0 radical (unpaired) electrons. The minimum atomic E-state index is 0.619. The topological polar surface area (TPSA) is 15.3 Å². The van der Waals surface area contributed by atoms with Gasteiger partial charge in [0.15, 0.2) is 0 Å². The van der Waals surface area contributed by atoms with E-state index in [0.29, 0.717) is 6.04 Å². The molecule has 1 heterocycles. The van der Waals surface area contributed by atoms with Crippen LogP contribution in [-0.2, 0) is 0 Å². The van der Waals surface area contributed by atoms with Crippen molar-refractivity contribution < 1.29 is 0 Å². The molecule has 3 aliphatic rings. The summed E-state index contributed by atoms with van der Waals surface area (Å²) in [5, 5.41) is 3.56. The number of nitrogens with zero attached hydrogens (tertiary/aromatic N) is 1. The van der Waals surface area contributed by atoms with E-state index in [1.54, 1.807) is 0 Å². The van der Waals surface area contributed by atoms with Crippen molar-refractivity contribution in [2.45, 2.75) is 38.6 Å². The Hall–Kier alpha value is -1.18. The summed E-state index contributed by atoms with van der Waals surface area (Å²) in [4.78, 5) is 2.66. The van der Waals surface area contributed by atoms with E-state index >= 15 is 0 Å². The molecule has 4 atom stereocenters. The molecule has 2 bridgehead atoms. The average molecular weight is 256 g/mol. The summed E-state index contributed by atoms with van der Waals surface area (Å²) in [6, 6.07) is 9.43. The van der Waals surface area contributed by atoms with Crippen LogP contribution in [0, 0.1) is 17.8 Å².